The van der Waals surface area contributed by atoms with Gasteiger partial charge in [-0.05, 0) is 48.9 Å². The van der Waals surface area contributed by atoms with Gasteiger partial charge in [0.2, 0.25) is 5.91 Å². The van der Waals surface area contributed by atoms with Crippen molar-refractivity contribution in [1.29, 1.82) is 0 Å². The van der Waals surface area contributed by atoms with Gasteiger partial charge in [0, 0.05) is 28.7 Å². The number of aromatic nitrogens is 1. The Morgan fingerprint density at radius 1 is 1.14 bits per heavy atom. The topological polar surface area (TPSA) is 80.3 Å². The van der Waals surface area contributed by atoms with E-state index in [9.17, 15) is 9.59 Å². The van der Waals surface area contributed by atoms with Gasteiger partial charge in [0.1, 0.15) is 23.1 Å². The van der Waals surface area contributed by atoms with Gasteiger partial charge in [0.25, 0.3) is 5.91 Å². The fourth-order valence-corrected chi connectivity index (χ4v) is 3.19. The van der Waals surface area contributed by atoms with Crippen LogP contribution in [0.1, 0.15) is 28.0 Å². The molecule has 8 heteroatoms. The molecule has 0 saturated carbocycles. The largest absolute Gasteiger partial charge is 0.486 e. The van der Waals surface area contributed by atoms with E-state index in [1.54, 1.807) is 41.8 Å². The van der Waals surface area contributed by atoms with Gasteiger partial charge >= 0.3 is 0 Å². The van der Waals surface area contributed by atoms with Gasteiger partial charge in [-0.1, -0.05) is 17.7 Å². The average Bonchev–Trinajstić information content (AvgIpc) is 3.13. The zero-order chi connectivity index (χ0) is 20.1. The Bertz CT molecular complexity index is 1000. The maximum atomic E-state index is 12.4. The fourth-order valence-electron chi connectivity index (χ4n) is 2.38. The van der Waals surface area contributed by atoms with E-state index in [1.165, 1.54) is 18.3 Å². The zero-order valence-electron chi connectivity index (χ0n) is 15.3. The number of anilines is 2. The summed E-state index contributed by atoms with van der Waals surface area (Å²) >= 11 is 7.19. The van der Waals surface area contributed by atoms with Crippen LogP contribution in [0.5, 0.6) is 5.75 Å². The molecule has 2 N–H and O–H groups in total. The Morgan fingerprint density at radius 2 is 1.89 bits per heavy atom. The van der Waals surface area contributed by atoms with Crippen molar-refractivity contribution in [1.82, 2.24) is 4.98 Å². The van der Waals surface area contributed by atoms with Gasteiger partial charge < -0.3 is 15.4 Å². The summed E-state index contributed by atoms with van der Waals surface area (Å²) in [6.45, 7) is 3.58. The molecule has 0 aliphatic carbocycles. The Labute approximate surface area is 171 Å². The van der Waals surface area contributed by atoms with Crippen molar-refractivity contribution >= 4 is 46.1 Å². The van der Waals surface area contributed by atoms with Crippen LogP contribution in [0.25, 0.3) is 0 Å². The maximum absolute atomic E-state index is 12.4. The third-order valence-electron chi connectivity index (χ3n) is 3.77. The summed E-state index contributed by atoms with van der Waals surface area (Å²) in [5, 5.41) is 8.53. The lowest BCUT2D eigenvalue weighted by Gasteiger charge is -2.10. The number of carbonyl (C=O) groups is 2. The second-order valence-corrected chi connectivity index (χ2v) is 7.41. The van der Waals surface area contributed by atoms with E-state index in [0.717, 1.165) is 5.56 Å². The molecule has 3 rings (SSSR count). The van der Waals surface area contributed by atoms with Gasteiger partial charge in [-0.15, -0.1) is 11.3 Å². The molecule has 2 aromatic carbocycles. The highest BCUT2D eigenvalue weighted by atomic mass is 35.5. The normalized spacial score (nSPS) is 10.4. The molecule has 2 amide bonds. The molecule has 0 aliphatic heterocycles. The first-order valence-corrected chi connectivity index (χ1v) is 9.69. The molecule has 0 aliphatic rings. The SMILES string of the molecule is CC(=O)Nc1cc(NC(=O)c2csc(COc3ccc(Cl)cc3)n2)ccc1C. The number of hydrogen-bond donors (Lipinski definition) is 2. The lowest BCUT2D eigenvalue weighted by Crippen LogP contribution is -2.13. The standard InChI is InChI=1S/C20H18ClN3O3S/c1-12-3-6-15(9-17(12)22-13(2)25)23-20(26)18-11-28-19(24-18)10-27-16-7-4-14(21)5-8-16/h3-9,11H,10H2,1-2H3,(H,22,25)(H,23,26). The Hall–Kier alpha value is -2.90. The van der Waals surface area contributed by atoms with Crippen molar-refractivity contribution in [2.45, 2.75) is 20.5 Å². The highest BCUT2D eigenvalue weighted by Gasteiger charge is 2.12. The summed E-state index contributed by atoms with van der Waals surface area (Å²) in [6.07, 6.45) is 0. The van der Waals surface area contributed by atoms with Crippen molar-refractivity contribution in [3.8, 4) is 5.75 Å². The lowest BCUT2D eigenvalue weighted by atomic mass is 10.1. The Kier molecular flexibility index (Phi) is 6.28. The van der Waals surface area contributed by atoms with Crippen LogP contribution < -0.4 is 15.4 Å². The van der Waals surface area contributed by atoms with E-state index in [1.807, 2.05) is 13.0 Å². The van der Waals surface area contributed by atoms with E-state index >= 15 is 0 Å². The van der Waals surface area contributed by atoms with E-state index in [-0.39, 0.29) is 18.4 Å². The molecule has 144 valence electrons. The average molecular weight is 416 g/mol. The molecule has 0 fully saturated rings. The van der Waals surface area contributed by atoms with Crippen LogP contribution in [0.4, 0.5) is 11.4 Å². The molecule has 0 radical (unpaired) electrons. The number of rotatable bonds is 6. The number of halogens is 1. The summed E-state index contributed by atoms with van der Waals surface area (Å²) in [4.78, 5) is 28.0. The molecule has 0 atom stereocenters. The zero-order valence-corrected chi connectivity index (χ0v) is 16.9. The van der Waals surface area contributed by atoms with Crippen LogP contribution in [0, 0.1) is 6.92 Å². The fraction of sp³-hybridized carbons (Fsp3) is 0.150. The highest BCUT2D eigenvalue weighted by molar-refractivity contribution is 7.09. The molecule has 0 bridgehead atoms. The van der Waals surface area contributed by atoms with Crippen LogP contribution in [-0.4, -0.2) is 16.8 Å². The number of benzene rings is 2. The molecular formula is C20H18ClN3O3S. The number of nitrogens with zero attached hydrogens (tertiary/aromatic N) is 1. The smallest absolute Gasteiger partial charge is 0.275 e. The Balaban J connectivity index is 1.62. The molecule has 0 spiro atoms. The first kappa shape index (κ1) is 19.9. The number of ether oxygens (including phenoxy) is 1. The van der Waals surface area contributed by atoms with Crippen molar-refractivity contribution in [3.63, 3.8) is 0 Å². The molecule has 28 heavy (non-hydrogen) atoms. The third-order valence-corrected chi connectivity index (χ3v) is 4.84. The van der Waals surface area contributed by atoms with Crippen LogP contribution in [0.3, 0.4) is 0 Å². The van der Waals surface area contributed by atoms with Crippen LogP contribution in [0.2, 0.25) is 5.02 Å². The van der Waals surface area contributed by atoms with Crippen LogP contribution in [0.15, 0.2) is 47.8 Å². The molecule has 0 unspecified atom stereocenters. The number of carbonyl (C=O) groups excluding carboxylic acids is 2. The predicted molar refractivity (Wildman–Crippen MR) is 111 cm³/mol. The summed E-state index contributed by atoms with van der Waals surface area (Å²) in [5.74, 6) is 0.179. The van der Waals surface area contributed by atoms with Gasteiger partial charge in [-0.2, -0.15) is 0 Å². The maximum Gasteiger partial charge on any atom is 0.275 e. The van der Waals surface area contributed by atoms with E-state index in [4.69, 9.17) is 16.3 Å². The van der Waals surface area contributed by atoms with Crippen LogP contribution in [-0.2, 0) is 11.4 Å². The summed E-state index contributed by atoms with van der Waals surface area (Å²) in [6, 6.07) is 12.3. The number of hydrogen-bond acceptors (Lipinski definition) is 5. The third kappa shape index (κ3) is 5.31. The quantitative estimate of drug-likeness (QED) is 0.600. The highest BCUT2D eigenvalue weighted by Crippen LogP contribution is 2.22. The first-order valence-electron chi connectivity index (χ1n) is 8.43. The van der Waals surface area contributed by atoms with Gasteiger partial charge in [-0.25, -0.2) is 4.98 Å². The number of thiazole rings is 1. The van der Waals surface area contributed by atoms with E-state index < -0.39 is 0 Å². The molecule has 0 saturated heterocycles. The number of amides is 2. The van der Waals surface area contributed by atoms with Gasteiger partial charge in [-0.3, -0.25) is 9.59 Å². The lowest BCUT2D eigenvalue weighted by molar-refractivity contribution is -0.114. The minimum absolute atomic E-state index is 0.170. The second kappa shape index (κ2) is 8.86. The molecular weight excluding hydrogens is 398 g/mol. The van der Waals surface area contributed by atoms with Crippen LogP contribution >= 0.6 is 22.9 Å². The second-order valence-electron chi connectivity index (χ2n) is 6.03. The summed E-state index contributed by atoms with van der Waals surface area (Å²) < 4.78 is 5.64. The summed E-state index contributed by atoms with van der Waals surface area (Å²) in [7, 11) is 0. The number of nitrogens with one attached hydrogen (secondary N) is 2. The molecule has 1 aromatic heterocycles. The van der Waals surface area contributed by atoms with Crippen molar-refractivity contribution in [3.05, 3.63) is 69.1 Å². The van der Waals surface area contributed by atoms with E-state index in [2.05, 4.69) is 15.6 Å². The first-order chi connectivity index (χ1) is 13.4. The molecule has 6 nitrogen and oxygen atoms in total. The van der Waals surface area contributed by atoms with E-state index in [0.29, 0.717) is 32.8 Å². The Morgan fingerprint density at radius 3 is 2.61 bits per heavy atom. The van der Waals surface area contributed by atoms with Crippen molar-refractivity contribution in [2.24, 2.45) is 0 Å². The summed E-state index contributed by atoms with van der Waals surface area (Å²) in [5.41, 5.74) is 2.44. The minimum Gasteiger partial charge on any atom is -0.486 e. The molecule has 1 heterocycles. The minimum atomic E-state index is -0.327. The monoisotopic (exact) mass is 415 g/mol. The van der Waals surface area contributed by atoms with Crippen molar-refractivity contribution < 1.29 is 14.3 Å². The number of aryl methyl sites for hydroxylation is 1. The van der Waals surface area contributed by atoms with Gasteiger partial charge in [0.05, 0.1) is 0 Å². The molecule has 3 aromatic rings. The van der Waals surface area contributed by atoms with Crippen molar-refractivity contribution in [2.75, 3.05) is 10.6 Å². The van der Waals surface area contributed by atoms with Gasteiger partial charge in [0.15, 0.2) is 0 Å². The predicted octanol–water partition coefficient (Wildman–Crippen LogP) is 4.89.